The van der Waals surface area contributed by atoms with Crippen molar-refractivity contribution in [2.24, 2.45) is 0 Å². The Morgan fingerprint density at radius 1 is 1.38 bits per heavy atom. The van der Waals surface area contributed by atoms with Crippen molar-refractivity contribution in [3.8, 4) is 5.75 Å². The predicted octanol–water partition coefficient (Wildman–Crippen LogP) is 2.17. The van der Waals surface area contributed by atoms with Crippen LogP contribution in [-0.4, -0.2) is 23.6 Å². The highest BCUT2D eigenvalue weighted by atomic mass is 16.5. The Bertz CT molecular complexity index is 732. The summed E-state index contributed by atoms with van der Waals surface area (Å²) in [5.74, 6) is 0.255. The highest BCUT2D eigenvalue weighted by Gasteiger charge is 2.16. The Morgan fingerprint density at radius 2 is 2.10 bits per heavy atom. The Labute approximate surface area is 123 Å². The molecule has 1 N–H and O–H groups in total. The quantitative estimate of drug-likeness (QED) is 0.938. The van der Waals surface area contributed by atoms with Gasteiger partial charge in [0, 0.05) is 18.8 Å². The fourth-order valence-corrected chi connectivity index (χ4v) is 2.27. The third-order valence-corrected chi connectivity index (χ3v) is 3.29. The number of benzene rings is 1. The molecule has 0 aliphatic carbocycles. The van der Waals surface area contributed by atoms with Crippen molar-refractivity contribution in [1.82, 2.24) is 9.88 Å². The van der Waals surface area contributed by atoms with Gasteiger partial charge in [-0.3, -0.25) is 9.59 Å². The molecule has 0 radical (unpaired) electrons. The van der Waals surface area contributed by atoms with Crippen LogP contribution in [0.2, 0.25) is 0 Å². The minimum Gasteiger partial charge on any atom is -0.497 e. The standard InChI is InChI=1S/C16H20N2O3/c1-5-18-9-13(16(20)17-10(2)3)15(19)12-8-11(21-4)6-7-14(12)18/h6-10H,5H2,1-4H3,(H,17,20). The summed E-state index contributed by atoms with van der Waals surface area (Å²) < 4.78 is 7.06. The number of nitrogens with zero attached hydrogens (tertiary/aromatic N) is 1. The molecule has 1 aromatic carbocycles. The van der Waals surface area contributed by atoms with E-state index in [4.69, 9.17) is 4.74 Å². The van der Waals surface area contributed by atoms with Crippen LogP contribution in [0.5, 0.6) is 5.75 Å². The van der Waals surface area contributed by atoms with Crippen molar-refractivity contribution in [3.05, 3.63) is 40.2 Å². The van der Waals surface area contributed by atoms with Crippen LogP contribution in [0.25, 0.3) is 10.9 Å². The van der Waals surface area contributed by atoms with Crippen molar-refractivity contribution in [2.75, 3.05) is 7.11 Å². The normalized spacial score (nSPS) is 10.9. The summed E-state index contributed by atoms with van der Waals surface area (Å²) in [7, 11) is 1.55. The van der Waals surface area contributed by atoms with E-state index in [1.165, 1.54) is 0 Å². The fraction of sp³-hybridized carbons (Fsp3) is 0.375. The zero-order valence-corrected chi connectivity index (χ0v) is 12.8. The summed E-state index contributed by atoms with van der Waals surface area (Å²) in [6.07, 6.45) is 1.62. The number of fused-ring (bicyclic) bond motifs is 1. The molecule has 0 fully saturated rings. The Balaban J connectivity index is 2.70. The second-order valence-electron chi connectivity index (χ2n) is 5.17. The van der Waals surface area contributed by atoms with E-state index < -0.39 is 0 Å². The number of rotatable bonds is 4. The molecule has 21 heavy (non-hydrogen) atoms. The van der Waals surface area contributed by atoms with E-state index >= 15 is 0 Å². The monoisotopic (exact) mass is 288 g/mol. The minimum atomic E-state index is -0.345. The molecule has 1 aromatic heterocycles. The molecule has 0 atom stereocenters. The number of aromatic nitrogens is 1. The molecule has 1 amide bonds. The van der Waals surface area contributed by atoms with E-state index in [2.05, 4.69) is 5.32 Å². The van der Waals surface area contributed by atoms with Gasteiger partial charge in [0.05, 0.1) is 18.0 Å². The van der Waals surface area contributed by atoms with Gasteiger partial charge in [-0.2, -0.15) is 0 Å². The van der Waals surface area contributed by atoms with E-state index in [-0.39, 0.29) is 22.9 Å². The molecule has 5 nitrogen and oxygen atoms in total. The van der Waals surface area contributed by atoms with E-state index in [1.807, 2.05) is 37.5 Å². The maximum atomic E-state index is 12.6. The fourth-order valence-electron chi connectivity index (χ4n) is 2.27. The summed E-state index contributed by atoms with van der Waals surface area (Å²) >= 11 is 0. The largest absolute Gasteiger partial charge is 0.497 e. The second-order valence-corrected chi connectivity index (χ2v) is 5.17. The minimum absolute atomic E-state index is 0.0204. The number of carbonyl (C=O) groups excluding carboxylic acids is 1. The second kappa shape index (κ2) is 5.99. The zero-order valence-electron chi connectivity index (χ0n) is 12.8. The summed E-state index contributed by atoms with van der Waals surface area (Å²) in [6.45, 7) is 6.37. The first-order chi connectivity index (χ1) is 9.97. The lowest BCUT2D eigenvalue weighted by Gasteiger charge is -2.13. The Hall–Kier alpha value is -2.30. The van der Waals surface area contributed by atoms with Crippen LogP contribution < -0.4 is 15.5 Å². The molecule has 1 heterocycles. The summed E-state index contributed by atoms with van der Waals surface area (Å²) in [5.41, 5.74) is 0.683. The van der Waals surface area contributed by atoms with Crippen LogP contribution in [0.15, 0.2) is 29.2 Å². The molecule has 0 aliphatic heterocycles. The van der Waals surface area contributed by atoms with Gasteiger partial charge in [0.25, 0.3) is 5.91 Å². The summed E-state index contributed by atoms with van der Waals surface area (Å²) in [6, 6.07) is 5.30. The number of pyridine rings is 1. The lowest BCUT2D eigenvalue weighted by atomic mass is 10.1. The van der Waals surface area contributed by atoms with Crippen molar-refractivity contribution in [3.63, 3.8) is 0 Å². The van der Waals surface area contributed by atoms with Gasteiger partial charge in [-0.25, -0.2) is 0 Å². The topological polar surface area (TPSA) is 60.3 Å². The van der Waals surface area contributed by atoms with Gasteiger partial charge in [0.2, 0.25) is 5.43 Å². The molecule has 2 aromatic rings. The SMILES string of the molecule is CCn1cc(C(=O)NC(C)C)c(=O)c2cc(OC)ccc21. The lowest BCUT2D eigenvalue weighted by Crippen LogP contribution is -2.34. The van der Waals surface area contributed by atoms with Gasteiger partial charge in [-0.1, -0.05) is 0 Å². The third kappa shape index (κ3) is 2.91. The highest BCUT2D eigenvalue weighted by Crippen LogP contribution is 2.19. The summed E-state index contributed by atoms with van der Waals surface area (Å²) in [4.78, 5) is 24.7. The predicted molar refractivity (Wildman–Crippen MR) is 83.0 cm³/mol. The molecule has 5 heteroatoms. The van der Waals surface area contributed by atoms with E-state index in [1.54, 1.807) is 19.4 Å². The van der Waals surface area contributed by atoms with Crippen molar-refractivity contribution >= 4 is 16.8 Å². The van der Waals surface area contributed by atoms with Gasteiger partial charge in [-0.05, 0) is 39.0 Å². The number of nitrogens with one attached hydrogen (secondary N) is 1. The number of ether oxygens (including phenoxy) is 1. The maximum Gasteiger partial charge on any atom is 0.256 e. The van der Waals surface area contributed by atoms with Gasteiger partial charge in [0.1, 0.15) is 11.3 Å². The highest BCUT2D eigenvalue weighted by molar-refractivity contribution is 5.97. The number of carbonyl (C=O) groups is 1. The van der Waals surface area contributed by atoms with Gasteiger partial charge < -0.3 is 14.6 Å². The first-order valence-electron chi connectivity index (χ1n) is 7.00. The molecule has 2 rings (SSSR count). The van der Waals surface area contributed by atoms with Crippen LogP contribution >= 0.6 is 0 Å². The molecular weight excluding hydrogens is 268 g/mol. The number of hydrogen-bond donors (Lipinski definition) is 1. The van der Waals surface area contributed by atoms with Crippen LogP contribution in [0.3, 0.4) is 0 Å². The maximum absolute atomic E-state index is 12.6. The van der Waals surface area contributed by atoms with E-state index in [0.29, 0.717) is 17.7 Å². The zero-order chi connectivity index (χ0) is 15.6. The lowest BCUT2D eigenvalue weighted by molar-refractivity contribution is 0.0941. The first kappa shape index (κ1) is 15.1. The van der Waals surface area contributed by atoms with Gasteiger partial charge in [0.15, 0.2) is 0 Å². The number of amides is 1. The number of aryl methyl sites for hydroxylation is 1. The van der Waals surface area contributed by atoms with Gasteiger partial charge in [-0.15, -0.1) is 0 Å². The van der Waals surface area contributed by atoms with E-state index in [9.17, 15) is 9.59 Å². The molecule has 0 bridgehead atoms. The van der Waals surface area contributed by atoms with Crippen molar-refractivity contribution in [2.45, 2.75) is 33.4 Å². The Kier molecular flexibility index (Phi) is 4.31. The van der Waals surface area contributed by atoms with Gasteiger partial charge >= 0.3 is 0 Å². The molecule has 0 saturated carbocycles. The van der Waals surface area contributed by atoms with Crippen LogP contribution in [0, 0.1) is 0 Å². The van der Waals surface area contributed by atoms with Crippen molar-refractivity contribution < 1.29 is 9.53 Å². The number of hydrogen-bond acceptors (Lipinski definition) is 3. The molecule has 0 aliphatic rings. The smallest absolute Gasteiger partial charge is 0.256 e. The average Bonchev–Trinajstić information content (AvgIpc) is 2.46. The Morgan fingerprint density at radius 3 is 2.67 bits per heavy atom. The average molecular weight is 288 g/mol. The van der Waals surface area contributed by atoms with Crippen molar-refractivity contribution in [1.29, 1.82) is 0 Å². The van der Waals surface area contributed by atoms with E-state index in [0.717, 1.165) is 5.52 Å². The molecule has 0 unspecified atom stereocenters. The molecular formula is C16H20N2O3. The van der Waals surface area contributed by atoms with Crippen LogP contribution in [0.1, 0.15) is 31.1 Å². The van der Waals surface area contributed by atoms with Crippen LogP contribution in [0.4, 0.5) is 0 Å². The van der Waals surface area contributed by atoms with Crippen LogP contribution in [-0.2, 0) is 6.54 Å². The number of methoxy groups -OCH3 is 1. The summed E-state index contributed by atoms with van der Waals surface area (Å²) in [5, 5.41) is 3.25. The molecule has 112 valence electrons. The third-order valence-electron chi connectivity index (χ3n) is 3.29. The molecule has 0 saturated heterocycles. The first-order valence-corrected chi connectivity index (χ1v) is 7.00. The molecule has 0 spiro atoms.